The minimum atomic E-state index is -0.254. The van der Waals surface area contributed by atoms with Crippen LogP contribution in [0.15, 0.2) is 53.1 Å². The molecule has 1 N–H and O–H groups in total. The third-order valence-electron chi connectivity index (χ3n) is 3.49. The number of carbonyl (C=O) groups is 1. The molecule has 21 heavy (non-hydrogen) atoms. The highest BCUT2D eigenvalue weighted by molar-refractivity contribution is 5.92. The van der Waals surface area contributed by atoms with E-state index in [1.165, 1.54) is 0 Å². The van der Waals surface area contributed by atoms with Gasteiger partial charge in [0.15, 0.2) is 0 Å². The Hall–Kier alpha value is -2.62. The number of rotatable bonds is 3. The average Bonchev–Trinajstić information content (AvgIpc) is 2.93. The van der Waals surface area contributed by atoms with E-state index in [9.17, 15) is 4.79 Å². The molecule has 106 valence electrons. The van der Waals surface area contributed by atoms with Crippen LogP contribution < -0.4 is 5.32 Å². The maximum Gasteiger partial charge on any atom is 0.290 e. The second-order valence-corrected chi connectivity index (χ2v) is 5.10. The van der Waals surface area contributed by atoms with E-state index >= 15 is 0 Å². The Morgan fingerprint density at radius 3 is 2.71 bits per heavy atom. The van der Waals surface area contributed by atoms with Crippen molar-refractivity contribution in [2.24, 2.45) is 0 Å². The first kappa shape index (κ1) is 13.4. The van der Waals surface area contributed by atoms with Crippen molar-refractivity contribution in [1.29, 1.82) is 0 Å². The van der Waals surface area contributed by atoms with E-state index < -0.39 is 0 Å². The minimum absolute atomic E-state index is 0.117. The monoisotopic (exact) mass is 280 g/mol. The highest BCUT2D eigenvalue weighted by Crippen LogP contribution is 2.24. The molecule has 0 spiro atoms. The Bertz CT molecular complexity index is 787. The van der Waals surface area contributed by atoms with Crippen LogP contribution in [0.2, 0.25) is 0 Å². The van der Waals surface area contributed by atoms with Crippen LogP contribution in [0.3, 0.4) is 0 Å². The summed E-state index contributed by atoms with van der Waals surface area (Å²) in [6.45, 7) is 3.75. The van der Waals surface area contributed by atoms with Gasteiger partial charge in [-0.25, -0.2) is 0 Å². The van der Waals surface area contributed by atoms with Crippen molar-refractivity contribution in [3.05, 3.63) is 65.5 Å². The number of nitrogens with zero attached hydrogens (tertiary/aromatic N) is 1. The lowest BCUT2D eigenvalue weighted by atomic mass is 9.99. The normalized spacial score (nSPS) is 12.3. The topological polar surface area (TPSA) is 55.1 Å². The summed E-state index contributed by atoms with van der Waals surface area (Å²) in [7, 11) is 0. The van der Waals surface area contributed by atoms with Crippen LogP contribution in [0.25, 0.3) is 10.8 Å². The first-order valence-electron chi connectivity index (χ1n) is 6.87. The zero-order valence-corrected chi connectivity index (χ0v) is 12.0. The number of hydrogen-bond acceptors (Lipinski definition) is 3. The fourth-order valence-corrected chi connectivity index (χ4v) is 2.44. The van der Waals surface area contributed by atoms with Gasteiger partial charge in [0.25, 0.3) is 5.91 Å². The summed E-state index contributed by atoms with van der Waals surface area (Å²) >= 11 is 0. The van der Waals surface area contributed by atoms with Gasteiger partial charge in [-0.3, -0.25) is 4.79 Å². The second kappa shape index (κ2) is 5.40. The van der Waals surface area contributed by atoms with Crippen LogP contribution in [-0.2, 0) is 0 Å². The molecule has 0 aliphatic heterocycles. The average molecular weight is 280 g/mol. The SMILES string of the molecule is Cc1cc(C(=O)N[C@H](C)c2cccc3ccccc23)on1. The number of aryl methyl sites for hydroxylation is 1. The summed E-state index contributed by atoms with van der Waals surface area (Å²) in [4.78, 5) is 12.1. The van der Waals surface area contributed by atoms with Gasteiger partial charge < -0.3 is 9.84 Å². The van der Waals surface area contributed by atoms with Gasteiger partial charge in [-0.05, 0) is 30.2 Å². The molecule has 1 aromatic heterocycles. The maximum absolute atomic E-state index is 12.1. The van der Waals surface area contributed by atoms with Crippen LogP contribution in [0.1, 0.15) is 34.8 Å². The van der Waals surface area contributed by atoms with E-state index in [0.717, 1.165) is 16.3 Å². The van der Waals surface area contributed by atoms with Gasteiger partial charge in [0, 0.05) is 6.07 Å². The van der Waals surface area contributed by atoms with Gasteiger partial charge in [-0.1, -0.05) is 47.6 Å². The van der Waals surface area contributed by atoms with E-state index in [-0.39, 0.29) is 17.7 Å². The maximum atomic E-state index is 12.1. The molecule has 4 nitrogen and oxygen atoms in total. The number of nitrogens with one attached hydrogen (secondary N) is 1. The Kier molecular flexibility index (Phi) is 3.44. The summed E-state index contributed by atoms with van der Waals surface area (Å²) in [5.41, 5.74) is 1.77. The molecule has 3 aromatic rings. The van der Waals surface area contributed by atoms with Crippen molar-refractivity contribution in [3.8, 4) is 0 Å². The molecule has 2 aromatic carbocycles. The molecule has 0 radical (unpaired) electrons. The standard InChI is InChI=1S/C17H16N2O2/c1-11-10-16(21-19-11)17(20)18-12(2)14-9-5-7-13-6-3-4-8-15(13)14/h3-10,12H,1-2H3,(H,18,20)/t12-/m1/s1. The first-order chi connectivity index (χ1) is 10.1. The second-order valence-electron chi connectivity index (χ2n) is 5.10. The van der Waals surface area contributed by atoms with Gasteiger partial charge in [0.2, 0.25) is 5.76 Å². The Morgan fingerprint density at radius 2 is 1.95 bits per heavy atom. The molecule has 0 fully saturated rings. The lowest BCUT2D eigenvalue weighted by Crippen LogP contribution is -2.26. The lowest BCUT2D eigenvalue weighted by molar-refractivity contribution is 0.0903. The van der Waals surface area contributed by atoms with Crippen molar-refractivity contribution in [1.82, 2.24) is 10.5 Å². The minimum Gasteiger partial charge on any atom is -0.351 e. The fourth-order valence-electron chi connectivity index (χ4n) is 2.44. The molecular weight excluding hydrogens is 264 g/mol. The third kappa shape index (κ3) is 2.65. The highest BCUT2D eigenvalue weighted by Gasteiger charge is 2.16. The van der Waals surface area contributed by atoms with E-state index in [1.807, 2.05) is 31.2 Å². The van der Waals surface area contributed by atoms with E-state index in [1.54, 1.807) is 13.0 Å². The molecule has 3 rings (SSSR count). The molecule has 0 unspecified atom stereocenters. The molecule has 1 amide bonds. The molecule has 0 aliphatic rings. The fraction of sp³-hybridized carbons (Fsp3) is 0.176. The van der Waals surface area contributed by atoms with Crippen LogP contribution in [0.4, 0.5) is 0 Å². The Balaban J connectivity index is 1.87. The Morgan fingerprint density at radius 1 is 1.19 bits per heavy atom. The number of fused-ring (bicyclic) bond motifs is 1. The number of amides is 1. The van der Waals surface area contributed by atoms with E-state index in [4.69, 9.17) is 4.52 Å². The first-order valence-corrected chi connectivity index (χ1v) is 6.87. The highest BCUT2D eigenvalue weighted by atomic mass is 16.5. The smallest absolute Gasteiger partial charge is 0.290 e. The van der Waals surface area contributed by atoms with Crippen molar-refractivity contribution in [3.63, 3.8) is 0 Å². The van der Waals surface area contributed by atoms with Crippen LogP contribution >= 0.6 is 0 Å². The largest absolute Gasteiger partial charge is 0.351 e. The lowest BCUT2D eigenvalue weighted by Gasteiger charge is -2.15. The third-order valence-corrected chi connectivity index (χ3v) is 3.49. The molecular formula is C17H16N2O2. The van der Waals surface area contributed by atoms with Crippen LogP contribution in [0, 0.1) is 6.92 Å². The Labute approximate surface area is 122 Å². The molecule has 4 heteroatoms. The van der Waals surface area contributed by atoms with E-state index in [2.05, 4.69) is 28.7 Å². The molecule has 1 atom stereocenters. The van der Waals surface area contributed by atoms with Gasteiger partial charge in [0.05, 0.1) is 11.7 Å². The van der Waals surface area contributed by atoms with Crippen molar-refractivity contribution < 1.29 is 9.32 Å². The number of aromatic nitrogens is 1. The summed E-state index contributed by atoms with van der Waals surface area (Å²) in [6.07, 6.45) is 0. The van der Waals surface area contributed by atoms with Crippen molar-refractivity contribution >= 4 is 16.7 Å². The van der Waals surface area contributed by atoms with Gasteiger partial charge in [-0.2, -0.15) is 0 Å². The molecule has 0 saturated heterocycles. The van der Waals surface area contributed by atoms with Gasteiger partial charge in [0.1, 0.15) is 0 Å². The number of benzene rings is 2. The molecule has 0 aliphatic carbocycles. The molecule has 1 heterocycles. The van der Waals surface area contributed by atoms with Crippen molar-refractivity contribution in [2.75, 3.05) is 0 Å². The number of hydrogen-bond donors (Lipinski definition) is 1. The summed E-state index contributed by atoms with van der Waals surface area (Å²) in [6, 6.07) is 15.7. The zero-order chi connectivity index (χ0) is 14.8. The predicted molar refractivity (Wildman–Crippen MR) is 81.1 cm³/mol. The van der Waals surface area contributed by atoms with Crippen LogP contribution in [-0.4, -0.2) is 11.1 Å². The van der Waals surface area contributed by atoms with Crippen LogP contribution in [0.5, 0.6) is 0 Å². The summed E-state index contributed by atoms with van der Waals surface area (Å²) in [5.74, 6) is -0.0179. The number of carbonyl (C=O) groups excluding carboxylic acids is 1. The molecule has 0 saturated carbocycles. The molecule has 0 bridgehead atoms. The van der Waals surface area contributed by atoms with Gasteiger partial charge in [-0.15, -0.1) is 0 Å². The van der Waals surface area contributed by atoms with E-state index in [0.29, 0.717) is 5.69 Å². The quantitative estimate of drug-likeness (QED) is 0.797. The summed E-state index contributed by atoms with van der Waals surface area (Å²) < 4.78 is 4.99. The van der Waals surface area contributed by atoms with Crippen molar-refractivity contribution in [2.45, 2.75) is 19.9 Å². The van der Waals surface area contributed by atoms with Gasteiger partial charge >= 0.3 is 0 Å². The predicted octanol–water partition coefficient (Wildman–Crippen LogP) is 3.63. The zero-order valence-electron chi connectivity index (χ0n) is 12.0. The summed E-state index contributed by atoms with van der Waals surface area (Å²) in [5, 5.41) is 8.98.